The summed E-state index contributed by atoms with van der Waals surface area (Å²) in [7, 11) is 0. The normalized spacial score (nSPS) is 15.8. The largest absolute Gasteiger partial charge is 0.454 e. The van der Waals surface area contributed by atoms with Crippen molar-refractivity contribution < 1.29 is 22.7 Å². The van der Waals surface area contributed by atoms with E-state index in [4.69, 9.17) is 10.5 Å². The Hall–Kier alpha value is -4.92. The summed E-state index contributed by atoms with van der Waals surface area (Å²) in [5.41, 5.74) is 6.89. The molecule has 0 saturated carbocycles. The number of likely N-dealkylation sites (tertiary alicyclic amines) is 1. The number of nitrogens with two attached hydrogens (primary N) is 1. The van der Waals surface area contributed by atoms with Crippen molar-refractivity contribution in [2.45, 2.75) is 32.7 Å². The Morgan fingerprint density at radius 3 is 2.73 bits per heavy atom. The van der Waals surface area contributed by atoms with Crippen LogP contribution >= 0.6 is 0 Å². The monoisotopic (exact) mass is 561 g/mol. The van der Waals surface area contributed by atoms with E-state index in [0.717, 1.165) is 12.1 Å². The van der Waals surface area contributed by atoms with E-state index in [0.29, 0.717) is 30.4 Å². The highest BCUT2D eigenvalue weighted by Crippen LogP contribution is 2.37. The summed E-state index contributed by atoms with van der Waals surface area (Å²) in [4.78, 5) is 23.1. The van der Waals surface area contributed by atoms with Crippen LogP contribution in [0, 0.1) is 34.7 Å². The summed E-state index contributed by atoms with van der Waals surface area (Å²) in [5.74, 6) is -3.68. The van der Waals surface area contributed by atoms with Crippen molar-refractivity contribution >= 4 is 22.8 Å². The zero-order valence-corrected chi connectivity index (χ0v) is 22.3. The number of hydrogen-bond acceptors (Lipinski definition) is 7. The maximum Gasteiger partial charge on any atom is 0.264 e. The lowest BCUT2D eigenvalue weighted by Crippen LogP contribution is -2.41. The van der Waals surface area contributed by atoms with Crippen molar-refractivity contribution in [1.29, 1.82) is 5.26 Å². The van der Waals surface area contributed by atoms with Crippen LogP contribution in [0.3, 0.4) is 0 Å². The number of fused-ring (bicyclic) bond motifs is 1. The number of piperidine rings is 1. The predicted molar refractivity (Wildman–Crippen MR) is 145 cm³/mol. The van der Waals surface area contributed by atoms with E-state index in [1.165, 1.54) is 30.6 Å². The number of nitriles is 1. The first-order valence-corrected chi connectivity index (χ1v) is 13.0. The van der Waals surface area contributed by atoms with E-state index in [1.807, 2.05) is 19.9 Å². The van der Waals surface area contributed by atoms with Gasteiger partial charge in [-0.1, -0.05) is 26.0 Å². The molecule has 3 heterocycles. The lowest BCUT2D eigenvalue weighted by Gasteiger charge is -2.33. The van der Waals surface area contributed by atoms with Crippen LogP contribution in [-0.2, 0) is 4.79 Å². The molecule has 1 amide bonds. The van der Waals surface area contributed by atoms with Gasteiger partial charge in [-0.2, -0.15) is 14.8 Å². The number of hydrogen-bond donors (Lipinski definition) is 1. The van der Waals surface area contributed by atoms with E-state index < -0.39 is 17.5 Å². The van der Waals surface area contributed by atoms with Crippen LogP contribution in [0.15, 0.2) is 54.4 Å². The SMILES string of the molecule is CC(C)C=C(C#N)C(=O)N1CCC[C@@H](n2nc(-c3ccc(Oc4cccc(F)c4F)cc3F)c3c(N)ncnc32)C1. The summed E-state index contributed by atoms with van der Waals surface area (Å²) >= 11 is 0. The molecule has 2 aromatic carbocycles. The average Bonchev–Trinajstić information content (AvgIpc) is 3.34. The molecule has 0 radical (unpaired) electrons. The quantitative estimate of drug-likeness (QED) is 0.242. The minimum absolute atomic E-state index is 0.0334. The maximum atomic E-state index is 15.5. The third-order valence-electron chi connectivity index (χ3n) is 6.74. The number of allylic oxidation sites excluding steroid dienone is 1. The lowest BCUT2D eigenvalue weighted by molar-refractivity contribution is -0.128. The Balaban J connectivity index is 1.50. The number of ether oxygens (including phenoxy) is 1. The summed E-state index contributed by atoms with van der Waals surface area (Å²) in [6.45, 7) is 4.54. The van der Waals surface area contributed by atoms with Gasteiger partial charge in [-0.25, -0.2) is 23.4 Å². The fraction of sp³-hybridized carbons (Fsp3) is 0.276. The van der Waals surface area contributed by atoms with Crippen molar-refractivity contribution in [2.24, 2.45) is 5.92 Å². The van der Waals surface area contributed by atoms with E-state index in [1.54, 1.807) is 15.7 Å². The van der Waals surface area contributed by atoms with Crippen LogP contribution in [0.4, 0.5) is 19.0 Å². The van der Waals surface area contributed by atoms with Gasteiger partial charge in [0.2, 0.25) is 5.82 Å². The zero-order chi connectivity index (χ0) is 29.3. The van der Waals surface area contributed by atoms with Gasteiger partial charge in [-0.05, 0) is 43.0 Å². The molecule has 210 valence electrons. The van der Waals surface area contributed by atoms with Crippen LogP contribution in [-0.4, -0.2) is 43.6 Å². The Morgan fingerprint density at radius 1 is 1.20 bits per heavy atom. The molecule has 2 aromatic heterocycles. The van der Waals surface area contributed by atoms with Crippen LogP contribution in [0.2, 0.25) is 0 Å². The summed E-state index contributed by atoms with van der Waals surface area (Å²) in [5, 5.41) is 14.5. The van der Waals surface area contributed by atoms with Gasteiger partial charge in [-0.15, -0.1) is 0 Å². The van der Waals surface area contributed by atoms with E-state index in [-0.39, 0.29) is 58.6 Å². The van der Waals surface area contributed by atoms with Crippen LogP contribution in [0.5, 0.6) is 11.5 Å². The number of rotatable bonds is 6. The van der Waals surface area contributed by atoms with Crippen molar-refractivity contribution in [1.82, 2.24) is 24.6 Å². The van der Waals surface area contributed by atoms with Gasteiger partial charge >= 0.3 is 0 Å². The van der Waals surface area contributed by atoms with Gasteiger partial charge in [0.05, 0.1) is 11.4 Å². The molecule has 1 aliphatic rings. The van der Waals surface area contributed by atoms with Crippen LogP contribution in [0.1, 0.15) is 32.7 Å². The van der Waals surface area contributed by atoms with Gasteiger partial charge in [0.25, 0.3) is 5.91 Å². The first-order chi connectivity index (χ1) is 19.7. The number of amides is 1. The van der Waals surface area contributed by atoms with E-state index >= 15 is 4.39 Å². The van der Waals surface area contributed by atoms with Crippen molar-refractivity contribution in [3.8, 4) is 28.8 Å². The molecule has 0 aliphatic carbocycles. The van der Waals surface area contributed by atoms with Crippen molar-refractivity contribution in [3.05, 3.63) is 71.8 Å². The number of halogens is 3. The molecule has 1 aliphatic heterocycles. The Morgan fingerprint density at radius 2 is 2.00 bits per heavy atom. The highest BCUT2D eigenvalue weighted by Gasteiger charge is 2.30. The number of nitrogen functional groups attached to an aromatic ring is 1. The number of carbonyl (C=O) groups is 1. The zero-order valence-electron chi connectivity index (χ0n) is 22.3. The second kappa shape index (κ2) is 11.3. The molecule has 4 aromatic rings. The topological polar surface area (TPSA) is 123 Å². The van der Waals surface area contributed by atoms with Crippen molar-refractivity contribution in [2.75, 3.05) is 18.8 Å². The van der Waals surface area contributed by atoms with Gasteiger partial charge in [0, 0.05) is 24.7 Å². The van der Waals surface area contributed by atoms with Crippen LogP contribution < -0.4 is 10.5 Å². The van der Waals surface area contributed by atoms with Gasteiger partial charge in [-0.3, -0.25) is 4.79 Å². The van der Waals surface area contributed by atoms with Gasteiger partial charge in [0.1, 0.15) is 41.0 Å². The predicted octanol–water partition coefficient (Wildman–Crippen LogP) is 5.55. The van der Waals surface area contributed by atoms with E-state index in [9.17, 15) is 18.8 Å². The standard InChI is InChI=1S/C29H26F3N7O2/c1-16(2)11-17(13-33)29(40)38-10-4-5-18(14-38)39-28-24(27(34)35-15-36-28)26(37-39)20-9-8-19(12-22(20)31)41-23-7-3-6-21(30)25(23)32/h3,6-9,11-12,15-16,18H,4-5,10,14H2,1-2H3,(H2,34,35,36)/t18-/m1/s1. The Kier molecular flexibility index (Phi) is 7.61. The Labute approximate surface area is 233 Å². The minimum atomic E-state index is -1.19. The summed E-state index contributed by atoms with van der Waals surface area (Å²) in [6, 6.07) is 8.97. The average molecular weight is 562 g/mol. The number of aromatic nitrogens is 4. The smallest absolute Gasteiger partial charge is 0.264 e. The molecule has 0 spiro atoms. The molecule has 0 unspecified atom stereocenters. The second-order valence-electron chi connectivity index (χ2n) is 10.0. The fourth-order valence-corrected chi connectivity index (χ4v) is 4.88. The Bertz CT molecular complexity index is 1710. The molecule has 2 N–H and O–H groups in total. The molecule has 1 atom stereocenters. The molecule has 5 rings (SSSR count). The maximum absolute atomic E-state index is 15.5. The number of nitrogens with zero attached hydrogens (tertiary/aromatic N) is 6. The highest BCUT2D eigenvalue weighted by atomic mass is 19.2. The van der Waals surface area contributed by atoms with Gasteiger partial charge in [0.15, 0.2) is 17.2 Å². The second-order valence-corrected chi connectivity index (χ2v) is 10.0. The van der Waals surface area contributed by atoms with Crippen LogP contribution in [0.25, 0.3) is 22.3 Å². The van der Waals surface area contributed by atoms with Crippen molar-refractivity contribution in [3.63, 3.8) is 0 Å². The van der Waals surface area contributed by atoms with Gasteiger partial charge < -0.3 is 15.4 Å². The third-order valence-corrected chi connectivity index (χ3v) is 6.74. The first-order valence-electron chi connectivity index (χ1n) is 13.0. The lowest BCUT2D eigenvalue weighted by atomic mass is 10.0. The highest BCUT2D eigenvalue weighted by molar-refractivity contribution is 5.99. The number of anilines is 1. The summed E-state index contributed by atoms with van der Waals surface area (Å²) < 4.78 is 50.1. The molecular weight excluding hydrogens is 535 g/mol. The first kappa shape index (κ1) is 27.6. The molecule has 0 bridgehead atoms. The molecule has 1 saturated heterocycles. The molecule has 1 fully saturated rings. The minimum Gasteiger partial charge on any atom is -0.454 e. The molecule has 12 heteroatoms. The fourth-order valence-electron chi connectivity index (χ4n) is 4.88. The third kappa shape index (κ3) is 5.43. The summed E-state index contributed by atoms with van der Waals surface area (Å²) in [6.07, 6.45) is 4.24. The molecule has 41 heavy (non-hydrogen) atoms. The molecule has 9 nitrogen and oxygen atoms in total. The number of benzene rings is 2. The van der Waals surface area contributed by atoms with E-state index in [2.05, 4.69) is 15.1 Å². The molecular formula is C29H26F3N7O2. The number of carbonyl (C=O) groups excluding carboxylic acids is 1.